The van der Waals surface area contributed by atoms with E-state index in [9.17, 15) is 4.79 Å². The molecule has 0 aliphatic rings. The molecule has 0 aliphatic heterocycles. The molecule has 0 saturated heterocycles. The fourth-order valence-electron chi connectivity index (χ4n) is 1.46. The third-order valence-electron chi connectivity index (χ3n) is 2.35. The van der Waals surface area contributed by atoms with Gasteiger partial charge in [-0.25, -0.2) is 4.79 Å². The second kappa shape index (κ2) is 4.40. The molecule has 1 N–H and O–H groups in total. The zero-order valence-electron chi connectivity index (χ0n) is 9.62. The maximum Gasteiger partial charge on any atom is 0.352 e. The van der Waals surface area contributed by atoms with Gasteiger partial charge in [-0.1, -0.05) is 19.0 Å². The van der Waals surface area contributed by atoms with Crippen molar-refractivity contribution < 1.29 is 14.4 Å². The molecule has 0 aliphatic carbocycles. The molecule has 17 heavy (non-hydrogen) atoms. The van der Waals surface area contributed by atoms with E-state index in [0.717, 1.165) is 0 Å². The predicted molar refractivity (Wildman–Crippen MR) is 58.9 cm³/mol. The molecule has 0 radical (unpaired) electrons. The molecule has 2 rings (SSSR count). The summed E-state index contributed by atoms with van der Waals surface area (Å²) in [6.07, 6.45) is 1.67. The molecule has 90 valence electrons. The molecule has 0 unspecified atom stereocenters. The number of carbonyl (C=O) groups is 1. The Hall–Kier alpha value is -2.11. The summed E-state index contributed by atoms with van der Waals surface area (Å²) in [6.45, 7) is 4.20. The quantitative estimate of drug-likeness (QED) is 0.872. The summed E-state index contributed by atoms with van der Waals surface area (Å²) in [5.74, 6) is 0.256. The van der Waals surface area contributed by atoms with E-state index in [1.807, 2.05) is 13.8 Å². The van der Waals surface area contributed by atoms with Crippen molar-refractivity contribution in [3.05, 3.63) is 35.7 Å². The molecule has 0 saturated carbocycles. The Morgan fingerprint density at radius 3 is 2.94 bits per heavy atom. The van der Waals surface area contributed by atoms with Crippen molar-refractivity contribution in [2.45, 2.75) is 26.3 Å². The van der Waals surface area contributed by atoms with E-state index in [4.69, 9.17) is 9.63 Å². The highest BCUT2D eigenvalue weighted by Crippen LogP contribution is 2.11. The lowest BCUT2D eigenvalue weighted by Crippen LogP contribution is -2.08. The van der Waals surface area contributed by atoms with Gasteiger partial charge in [-0.3, -0.25) is 0 Å². The Morgan fingerprint density at radius 1 is 1.59 bits per heavy atom. The maximum atomic E-state index is 10.9. The lowest BCUT2D eigenvalue weighted by atomic mass is 10.2. The molecule has 0 spiro atoms. The second-order valence-electron chi connectivity index (χ2n) is 4.03. The van der Waals surface area contributed by atoms with Crippen LogP contribution in [0.1, 0.15) is 42.0 Å². The van der Waals surface area contributed by atoms with Crippen molar-refractivity contribution in [3.8, 4) is 0 Å². The topological polar surface area (TPSA) is 81.2 Å². The van der Waals surface area contributed by atoms with Gasteiger partial charge in [0.1, 0.15) is 12.2 Å². The number of carboxylic acid groups (broad SMARTS) is 1. The average Bonchev–Trinajstić information content (AvgIpc) is 2.86. The predicted octanol–water partition coefficient (Wildman–Crippen LogP) is 1.74. The third kappa shape index (κ3) is 2.35. The van der Waals surface area contributed by atoms with E-state index in [1.165, 1.54) is 6.07 Å². The van der Waals surface area contributed by atoms with Gasteiger partial charge in [0.15, 0.2) is 5.82 Å². The molecule has 0 bridgehead atoms. The number of hydrogen-bond donors (Lipinski definition) is 1. The Kier molecular flexibility index (Phi) is 2.95. The van der Waals surface area contributed by atoms with Crippen LogP contribution in [0.3, 0.4) is 0 Å². The monoisotopic (exact) mass is 235 g/mol. The minimum absolute atomic E-state index is 0.191. The number of carboxylic acids is 1. The first-order valence-electron chi connectivity index (χ1n) is 5.29. The number of rotatable bonds is 4. The molecule has 0 atom stereocenters. The van der Waals surface area contributed by atoms with Gasteiger partial charge in [0.05, 0.1) is 0 Å². The molecule has 2 aromatic heterocycles. The van der Waals surface area contributed by atoms with Crippen LogP contribution in [0.15, 0.2) is 22.9 Å². The molecule has 6 nitrogen and oxygen atoms in total. The smallest absolute Gasteiger partial charge is 0.352 e. The van der Waals surface area contributed by atoms with E-state index in [2.05, 4.69) is 10.1 Å². The molecular weight excluding hydrogens is 222 g/mol. The van der Waals surface area contributed by atoms with E-state index in [1.54, 1.807) is 16.8 Å². The summed E-state index contributed by atoms with van der Waals surface area (Å²) in [5, 5.41) is 12.8. The zero-order valence-corrected chi connectivity index (χ0v) is 9.62. The van der Waals surface area contributed by atoms with Crippen LogP contribution >= 0.6 is 0 Å². The van der Waals surface area contributed by atoms with Crippen LogP contribution in [-0.2, 0) is 6.54 Å². The number of aromatic nitrogens is 3. The highest BCUT2D eigenvalue weighted by atomic mass is 16.5. The Balaban J connectivity index is 2.19. The van der Waals surface area contributed by atoms with Crippen molar-refractivity contribution in [1.29, 1.82) is 0 Å². The van der Waals surface area contributed by atoms with Crippen LogP contribution in [0.25, 0.3) is 0 Å². The number of hydrogen-bond acceptors (Lipinski definition) is 4. The summed E-state index contributed by atoms with van der Waals surface area (Å²) in [6, 6.07) is 3.20. The van der Waals surface area contributed by atoms with Gasteiger partial charge >= 0.3 is 5.97 Å². The summed E-state index contributed by atoms with van der Waals surface area (Å²) in [7, 11) is 0. The molecule has 0 fully saturated rings. The largest absolute Gasteiger partial charge is 0.477 e. The summed E-state index contributed by atoms with van der Waals surface area (Å²) in [5.41, 5.74) is 0.203. The van der Waals surface area contributed by atoms with Crippen molar-refractivity contribution in [1.82, 2.24) is 14.7 Å². The van der Waals surface area contributed by atoms with Gasteiger partial charge in [0.2, 0.25) is 5.89 Å². The van der Waals surface area contributed by atoms with Crippen molar-refractivity contribution in [3.63, 3.8) is 0 Å². The second-order valence-corrected chi connectivity index (χ2v) is 4.03. The molecule has 6 heteroatoms. The Morgan fingerprint density at radius 2 is 2.35 bits per heavy atom. The first-order chi connectivity index (χ1) is 8.08. The van der Waals surface area contributed by atoms with Crippen LogP contribution in [0.4, 0.5) is 0 Å². The number of aromatic carboxylic acids is 1. The highest BCUT2D eigenvalue weighted by molar-refractivity contribution is 5.85. The fraction of sp³-hybridized carbons (Fsp3) is 0.364. The van der Waals surface area contributed by atoms with Crippen LogP contribution in [-0.4, -0.2) is 25.8 Å². The first kappa shape index (κ1) is 11.4. The molecule has 0 aromatic carbocycles. The van der Waals surface area contributed by atoms with Gasteiger partial charge in [-0.05, 0) is 12.1 Å². The van der Waals surface area contributed by atoms with Crippen molar-refractivity contribution >= 4 is 5.97 Å². The lowest BCUT2D eigenvalue weighted by molar-refractivity contribution is 0.0685. The van der Waals surface area contributed by atoms with Gasteiger partial charge in [-0.15, -0.1) is 0 Å². The van der Waals surface area contributed by atoms with Crippen LogP contribution in [0, 0.1) is 0 Å². The molecular formula is C11H13N3O3. The van der Waals surface area contributed by atoms with Crippen LogP contribution < -0.4 is 0 Å². The standard InChI is InChI=1S/C11H13N3O3/c1-7(2)10-12-9(17-13-10)6-14-5-3-4-8(14)11(15)16/h3-5,7H,6H2,1-2H3,(H,15,16). The minimum Gasteiger partial charge on any atom is -0.477 e. The van der Waals surface area contributed by atoms with E-state index in [-0.39, 0.29) is 18.2 Å². The fourth-order valence-corrected chi connectivity index (χ4v) is 1.46. The number of nitrogens with zero attached hydrogens (tertiary/aromatic N) is 3. The van der Waals surface area contributed by atoms with Crippen molar-refractivity contribution in [2.24, 2.45) is 0 Å². The van der Waals surface area contributed by atoms with Gasteiger partial charge in [-0.2, -0.15) is 4.98 Å². The van der Waals surface area contributed by atoms with Crippen LogP contribution in [0.5, 0.6) is 0 Å². The lowest BCUT2D eigenvalue weighted by Gasteiger charge is -2.01. The van der Waals surface area contributed by atoms with Crippen LogP contribution in [0.2, 0.25) is 0 Å². The van der Waals surface area contributed by atoms with Crippen molar-refractivity contribution in [2.75, 3.05) is 0 Å². The highest BCUT2D eigenvalue weighted by Gasteiger charge is 2.13. The van der Waals surface area contributed by atoms with E-state index >= 15 is 0 Å². The Labute approximate surface area is 97.9 Å². The van der Waals surface area contributed by atoms with E-state index < -0.39 is 5.97 Å². The van der Waals surface area contributed by atoms with Gasteiger partial charge in [0, 0.05) is 12.1 Å². The zero-order chi connectivity index (χ0) is 12.4. The third-order valence-corrected chi connectivity index (χ3v) is 2.35. The molecule has 0 amide bonds. The van der Waals surface area contributed by atoms with E-state index in [0.29, 0.717) is 11.7 Å². The van der Waals surface area contributed by atoms with Gasteiger partial charge < -0.3 is 14.2 Å². The minimum atomic E-state index is -0.974. The first-order valence-corrected chi connectivity index (χ1v) is 5.29. The molecule has 2 aromatic rings. The SMILES string of the molecule is CC(C)c1noc(Cn2cccc2C(=O)O)n1. The summed E-state index contributed by atoms with van der Waals surface area (Å²) >= 11 is 0. The maximum absolute atomic E-state index is 10.9. The summed E-state index contributed by atoms with van der Waals surface area (Å²) < 4.78 is 6.61. The molecule has 2 heterocycles. The normalized spacial score (nSPS) is 11.0. The summed E-state index contributed by atoms with van der Waals surface area (Å²) in [4.78, 5) is 15.1. The Bertz CT molecular complexity index is 528. The van der Waals surface area contributed by atoms with Gasteiger partial charge in [0.25, 0.3) is 0 Å². The average molecular weight is 235 g/mol.